The van der Waals surface area contributed by atoms with Crippen molar-refractivity contribution in [3.63, 3.8) is 0 Å². The second-order valence-electron chi connectivity index (χ2n) is 6.15. The van der Waals surface area contributed by atoms with Gasteiger partial charge in [0.15, 0.2) is 0 Å². The maximum Gasteiger partial charge on any atom is 0.206 e. The largest absolute Gasteiger partial charge is 0.206 e. The normalized spacial score (nSPS) is 11.8. The van der Waals surface area contributed by atoms with E-state index in [9.17, 15) is 0 Å². The van der Waals surface area contributed by atoms with Crippen molar-refractivity contribution in [3.8, 4) is 0 Å². The molecule has 148 valence electrons. The smallest absolute Gasteiger partial charge is 0.129 e. The highest BCUT2D eigenvalue weighted by atomic mass is 35.5. The summed E-state index contributed by atoms with van der Waals surface area (Å²) in [6.45, 7) is 0. The summed E-state index contributed by atoms with van der Waals surface area (Å²) >= 11 is 42.0. The monoisotopic (exact) mass is 552 g/mol. The van der Waals surface area contributed by atoms with Gasteiger partial charge in [0, 0.05) is 9.00 Å². The maximum atomic E-state index is 6.77. The van der Waals surface area contributed by atoms with Crippen LogP contribution in [0, 0.1) is 0 Å². The predicted octanol–water partition coefficient (Wildman–Crippen LogP) is 7.11. The Morgan fingerprint density at radius 3 is 1.10 bits per heavy atom. The molecule has 2 aromatic carbocycles. The van der Waals surface area contributed by atoms with Crippen LogP contribution in [0.2, 0.25) is 28.8 Å². The molecular formula is C20H10Cl6S2Si. The molecule has 0 nitrogen and oxygen atoms in total. The molecular weight excluding hydrogens is 545 g/mol. The fourth-order valence-corrected chi connectivity index (χ4v) is 15.7. The molecule has 2 heterocycles. The van der Waals surface area contributed by atoms with E-state index < -0.39 is 8.07 Å². The summed E-state index contributed by atoms with van der Waals surface area (Å²) in [6, 6.07) is 20.2. The Balaban J connectivity index is 2.23. The van der Waals surface area contributed by atoms with Crippen molar-refractivity contribution >= 4 is 120 Å². The minimum atomic E-state index is -2.97. The highest BCUT2D eigenvalue weighted by Crippen LogP contribution is 2.40. The molecule has 0 unspecified atom stereocenters. The van der Waals surface area contributed by atoms with Crippen molar-refractivity contribution in [1.82, 2.24) is 0 Å². The molecule has 0 amide bonds. The SMILES string of the molecule is Clc1sc([Si](c2ccccc2)(c2ccccc2)c2sc(Cl)c(Cl)c2Cl)c(Cl)c1Cl. The molecule has 4 aromatic rings. The van der Waals surface area contributed by atoms with Gasteiger partial charge in [-0.2, -0.15) is 0 Å². The minimum Gasteiger partial charge on any atom is -0.129 e. The number of hydrogen-bond donors (Lipinski definition) is 0. The molecule has 0 N–H and O–H groups in total. The van der Waals surface area contributed by atoms with Gasteiger partial charge >= 0.3 is 0 Å². The maximum absolute atomic E-state index is 6.77. The highest BCUT2D eigenvalue weighted by Gasteiger charge is 2.48. The average molecular weight is 555 g/mol. The summed E-state index contributed by atoms with van der Waals surface area (Å²) in [5, 5.41) is 3.75. The van der Waals surface area contributed by atoms with Gasteiger partial charge in [0.1, 0.15) is 8.67 Å². The Hall–Kier alpha value is -0.203. The number of benzene rings is 2. The van der Waals surface area contributed by atoms with Gasteiger partial charge in [0.25, 0.3) is 0 Å². The summed E-state index contributed by atoms with van der Waals surface area (Å²) < 4.78 is 2.67. The van der Waals surface area contributed by atoms with Crippen LogP contribution < -0.4 is 19.4 Å². The first-order valence-corrected chi connectivity index (χ1v) is 14.2. The predicted molar refractivity (Wildman–Crippen MR) is 136 cm³/mol. The lowest BCUT2D eigenvalue weighted by Gasteiger charge is -2.32. The molecule has 0 radical (unpaired) electrons. The van der Waals surface area contributed by atoms with Gasteiger partial charge in [-0.15, -0.1) is 22.7 Å². The summed E-state index contributed by atoms with van der Waals surface area (Å²) in [7, 11) is -2.97. The van der Waals surface area contributed by atoms with E-state index in [0.29, 0.717) is 28.8 Å². The molecule has 4 rings (SSSR count). The van der Waals surface area contributed by atoms with Crippen molar-refractivity contribution in [2.24, 2.45) is 0 Å². The van der Waals surface area contributed by atoms with E-state index in [4.69, 9.17) is 69.6 Å². The minimum absolute atomic E-state index is 0.349. The third-order valence-electron chi connectivity index (χ3n) is 4.61. The summed E-state index contributed by atoms with van der Waals surface area (Å²) in [6.07, 6.45) is 0. The van der Waals surface area contributed by atoms with Gasteiger partial charge in [-0.3, -0.25) is 0 Å². The Morgan fingerprint density at radius 2 is 0.828 bits per heavy atom. The fourth-order valence-electron chi connectivity index (χ4n) is 3.38. The van der Waals surface area contributed by atoms with E-state index in [1.165, 1.54) is 22.7 Å². The summed E-state index contributed by atoms with van der Waals surface area (Å²) in [5.74, 6) is 0. The van der Waals surface area contributed by atoms with Crippen LogP contribution >= 0.6 is 92.3 Å². The van der Waals surface area contributed by atoms with Crippen LogP contribution in [0.4, 0.5) is 0 Å². The van der Waals surface area contributed by atoms with Crippen LogP contribution in [-0.4, -0.2) is 8.07 Å². The van der Waals surface area contributed by atoms with Crippen LogP contribution in [-0.2, 0) is 0 Å². The number of rotatable bonds is 4. The Bertz CT molecular complexity index is 1080. The molecule has 0 fully saturated rings. The molecule has 0 atom stereocenters. The van der Waals surface area contributed by atoms with E-state index in [1.54, 1.807) is 0 Å². The topological polar surface area (TPSA) is 0 Å². The Kier molecular flexibility index (Phi) is 6.63. The first kappa shape index (κ1) is 22.0. The van der Waals surface area contributed by atoms with Crippen LogP contribution in [0.5, 0.6) is 0 Å². The number of halogens is 6. The zero-order chi connectivity index (χ0) is 20.8. The van der Waals surface area contributed by atoms with Gasteiger partial charge in [0.2, 0.25) is 8.07 Å². The molecule has 9 heteroatoms. The molecule has 0 saturated heterocycles. The van der Waals surface area contributed by atoms with Crippen LogP contribution in [0.15, 0.2) is 60.7 Å². The molecule has 2 aromatic heterocycles. The van der Waals surface area contributed by atoms with Crippen molar-refractivity contribution in [2.45, 2.75) is 0 Å². The lowest BCUT2D eigenvalue weighted by molar-refractivity contribution is 1.71. The molecule has 0 spiro atoms. The summed E-state index contributed by atoms with van der Waals surface area (Å²) in [4.78, 5) is 0. The first-order valence-electron chi connectivity index (χ1n) is 8.27. The molecule has 29 heavy (non-hydrogen) atoms. The molecule has 0 saturated carbocycles. The van der Waals surface area contributed by atoms with Gasteiger partial charge in [-0.05, 0) is 10.4 Å². The van der Waals surface area contributed by atoms with E-state index >= 15 is 0 Å². The van der Waals surface area contributed by atoms with Crippen molar-refractivity contribution in [3.05, 3.63) is 89.4 Å². The van der Waals surface area contributed by atoms with E-state index in [2.05, 4.69) is 24.3 Å². The Morgan fingerprint density at radius 1 is 0.483 bits per heavy atom. The van der Waals surface area contributed by atoms with Crippen LogP contribution in [0.1, 0.15) is 0 Å². The van der Waals surface area contributed by atoms with E-state index in [0.717, 1.165) is 19.4 Å². The summed E-state index contributed by atoms with van der Waals surface area (Å²) in [5.41, 5.74) is 0. The first-order chi connectivity index (χ1) is 13.9. The second-order valence-corrected chi connectivity index (χ2v) is 15.3. The van der Waals surface area contributed by atoms with Crippen molar-refractivity contribution in [1.29, 1.82) is 0 Å². The lowest BCUT2D eigenvalue weighted by atomic mass is 10.4. The van der Waals surface area contributed by atoms with Gasteiger partial charge in [-0.1, -0.05) is 130 Å². The average Bonchev–Trinajstić information content (AvgIpc) is 3.16. The van der Waals surface area contributed by atoms with E-state index in [-0.39, 0.29) is 0 Å². The van der Waals surface area contributed by atoms with Gasteiger partial charge < -0.3 is 0 Å². The van der Waals surface area contributed by atoms with Crippen molar-refractivity contribution in [2.75, 3.05) is 0 Å². The van der Waals surface area contributed by atoms with E-state index in [1.807, 2.05) is 36.4 Å². The number of thiophene rings is 2. The third kappa shape index (κ3) is 3.59. The highest BCUT2D eigenvalue weighted by molar-refractivity contribution is 7.46. The molecule has 0 aliphatic carbocycles. The zero-order valence-electron chi connectivity index (χ0n) is 14.4. The quantitative estimate of drug-likeness (QED) is 0.236. The molecule has 0 aliphatic heterocycles. The van der Waals surface area contributed by atoms with Crippen LogP contribution in [0.25, 0.3) is 0 Å². The second kappa shape index (κ2) is 8.74. The number of hydrogen-bond acceptors (Lipinski definition) is 2. The molecule has 0 aliphatic rings. The van der Waals surface area contributed by atoms with Gasteiger partial charge in [-0.25, -0.2) is 0 Å². The third-order valence-corrected chi connectivity index (χ3v) is 16.4. The fraction of sp³-hybridized carbons (Fsp3) is 0. The van der Waals surface area contributed by atoms with Crippen molar-refractivity contribution < 1.29 is 0 Å². The zero-order valence-corrected chi connectivity index (χ0v) is 21.5. The standard InChI is InChI=1S/C20H10Cl6S2Si/c21-13-15(23)19(27-17(13)25)29(11-7-3-1-4-8-11,12-9-5-2-6-10-12)20-16(24)14(22)18(26)28-20/h1-10H. The lowest BCUT2D eigenvalue weighted by Crippen LogP contribution is -2.73. The van der Waals surface area contributed by atoms with Crippen LogP contribution in [0.3, 0.4) is 0 Å². The van der Waals surface area contributed by atoms with Gasteiger partial charge in [0.05, 0.1) is 20.1 Å². The Labute approximate surface area is 207 Å². The molecule has 0 bridgehead atoms.